The molecule has 0 unspecified atom stereocenters. The van der Waals surface area contributed by atoms with Crippen molar-refractivity contribution >= 4 is 10.8 Å². The molecule has 0 bridgehead atoms. The second-order valence-corrected chi connectivity index (χ2v) is 4.58. The van der Waals surface area contributed by atoms with Crippen molar-refractivity contribution < 1.29 is 4.74 Å². The zero-order chi connectivity index (χ0) is 15.1. The second-order valence-electron chi connectivity index (χ2n) is 4.58. The van der Waals surface area contributed by atoms with Crippen LogP contribution in [-0.2, 0) is 6.42 Å². The van der Waals surface area contributed by atoms with Crippen molar-refractivity contribution in [1.29, 1.82) is 0 Å². The van der Waals surface area contributed by atoms with Crippen LogP contribution in [0.15, 0.2) is 66.7 Å². The fourth-order valence-corrected chi connectivity index (χ4v) is 2.20. The summed E-state index contributed by atoms with van der Waals surface area (Å²) in [6, 6.07) is 22.7. The average molecular weight is 278 g/mol. The Morgan fingerprint density at radius 2 is 1.43 bits per heavy atom. The van der Waals surface area contributed by atoms with Gasteiger partial charge in [-0.3, -0.25) is 0 Å². The monoisotopic (exact) mass is 278 g/mol. The van der Waals surface area contributed by atoms with E-state index in [1.807, 2.05) is 50.2 Å². The molecular weight excluding hydrogens is 256 g/mol. The Morgan fingerprint density at radius 1 is 0.762 bits per heavy atom. The molecule has 0 aliphatic rings. The minimum Gasteiger partial charge on any atom is -0.457 e. The van der Waals surface area contributed by atoms with Crippen molar-refractivity contribution in [3.63, 3.8) is 0 Å². The van der Waals surface area contributed by atoms with E-state index in [-0.39, 0.29) is 0 Å². The molecule has 3 aromatic carbocycles. The maximum absolute atomic E-state index is 5.99. The highest BCUT2D eigenvalue weighted by Crippen LogP contribution is 2.29. The second kappa shape index (κ2) is 7.49. The van der Waals surface area contributed by atoms with Gasteiger partial charge >= 0.3 is 0 Å². The predicted octanol–water partition coefficient (Wildman–Crippen LogP) is 6.22. The average Bonchev–Trinajstić information content (AvgIpc) is 2.58. The third-order valence-electron chi connectivity index (χ3n) is 3.31. The van der Waals surface area contributed by atoms with Gasteiger partial charge < -0.3 is 4.74 Å². The summed E-state index contributed by atoms with van der Waals surface area (Å²) in [5.74, 6) is 1.79. The van der Waals surface area contributed by atoms with Gasteiger partial charge in [-0.2, -0.15) is 0 Å². The number of hydrogen-bond donors (Lipinski definition) is 0. The van der Waals surface area contributed by atoms with Gasteiger partial charge in [0.05, 0.1) is 0 Å². The summed E-state index contributed by atoms with van der Waals surface area (Å²) in [7, 11) is 0. The first-order chi connectivity index (χ1) is 10.4. The van der Waals surface area contributed by atoms with Crippen molar-refractivity contribution in [2.75, 3.05) is 0 Å². The maximum atomic E-state index is 5.99. The van der Waals surface area contributed by atoms with E-state index in [0.717, 1.165) is 23.3 Å². The van der Waals surface area contributed by atoms with Crippen molar-refractivity contribution in [3.05, 3.63) is 72.3 Å². The molecule has 21 heavy (non-hydrogen) atoms. The van der Waals surface area contributed by atoms with Gasteiger partial charge in [-0.15, -0.1) is 0 Å². The van der Waals surface area contributed by atoms with Crippen LogP contribution >= 0.6 is 0 Å². The Kier molecular flexibility index (Phi) is 5.39. The number of rotatable bonds is 3. The molecule has 0 amide bonds. The number of aryl methyl sites for hydroxylation is 1. The van der Waals surface area contributed by atoms with Gasteiger partial charge in [0.2, 0.25) is 0 Å². The van der Waals surface area contributed by atoms with Gasteiger partial charge in [-0.05, 0) is 35.6 Å². The van der Waals surface area contributed by atoms with Gasteiger partial charge in [0.25, 0.3) is 0 Å². The lowest BCUT2D eigenvalue weighted by Gasteiger charge is -2.09. The summed E-state index contributed by atoms with van der Waals surface area (Å²) in [5.41, 5.74) is 1.32. The molecule has 0 N–H and O–H groups in total. The van der Waals surface area contributed by atoms with Crippen molar-refractivity contribution in [1.82, 2.24) is 0 Å². The topological polar surface area (TPSA) is 9.23 Å². The summed E-state index contributed by atoms with van der Waals surface area (Å²) in [6.07, 6.45) is 1.05. The fourth-order valence-electron chi connectivity index (χ4n) is 2.20. The Bertz CT molecular complexity index is 678. The zero-order valence-corrected chi connectivity index (χ0v) is 13.0. The lowest BCUT2D eigenvalue weighted by atomic mass is 10.1. The Hall–Kier alpha value is -2.28. The van der Waals surface area contributed by atoms with E-state index >= 15 is 0 Å². The molecule has 0 spiro atoms. The van der Waals surface area contributed by atoms with Gasteiger partial charge in [-0.1, -0.05) is 69.3 Å². The van der Waals surface area contributed by atoms with Crippen molar-refractivity contribution in [3.8, 4) is 11.5 Å². The summed E-state index contributed by atoms with van der Waals surface area (Å²) in [4.78, 5) is 0. The van der Waals surface area contributed by atoms with Gasteiger partial charge in [0.1, 0.15) is 11.5 Å². The molecule has 0 aliphatic carbocycles. The Balaban J connectivity index is 0.000000774. The van der Waals surface area contributed by atoms with Crippen LogP contribution in [0.2, 0.25) is 0 Å². The van der Waals surface area contributed by atoms with Gasteiger partial charge in [0, 0.05) is 5.39 Å². The Labute approximate surface area is 127 Å². The number of hydrogen-bond acceptors (Lipinski definition) is 1. The maximum Gasteiger partial charge on any atom is 0.135 e. The van der Waals surface area contributed by atoms with E-state index < -0.39 is 0 Å². The highest BCUT2D eigenvalue weighted by molar-refractivity contribution is 5.88. The summed E-state index contributed by atoms with van der Waals surface area (Å²) >= 11 is 0. The van der Waals surface area contributed by atoms with Crippen LogP contribution in [0, 0.1) is 0 Å². The van der Waals surface area contributed by atoms with Gasteiger partial charge in [-0.25, -0.2) is 0 Å². The molecule has 0 heterocycles. The van der Waals surface area contributed by atoms with Crippen LogP contribution in [0.5, 0.6) is 11.5 Å². The van der Waals surface area contributed by atoms with Crippen LogP contribution < -0.4 is 4.74 Å². The van der Waals surface area contributed by atoms with Crippen LogP contribution in [0.1, 0.15) is 26.3 Å². The largest absolute Gasteiger partial charge is 0.457 e. The third-order valence-corrected chi connectivity index (χ3v) is 3.31. The van der Waals surface area contributed by atoms with Crippen molar-refractivity contribution in [2.45, 2.75) is 27.2 Å². The Morgan fingerprint density at radius 3 is 2.14 bits per heavy atom. The first-order valence-corrected chi connectivity index (χ1v) is 7.61. The van der Waals surface area contributed by atoms with Crippen molar-refractivity contribution in [2.24, 2.45) is 0 Å². The first kappa shape index (κ1) is 15.1. The SMILES string of the molecule is CC.CCc1ccc(Oc2cccc3ccccc23)cc1. The molecule has 0 aromatic heterocycles. The van der Waals surface area contributed by atoms with E-state index in [1.165, 1.54) is 10.9 Å². The molecule has 0 atom stereocenters. The molecule has 0 fully saturated rings. The molecule has 0 saturated carbocycles. The molecule has 0 radical (unpaired) electrons. The number of fused-ring (bicyclic) bond motifs is 1. The lowest BCUT2D eigenvalue weighted by molar-refractivity contribution is 0.488. The lowest BCUT2D eigenvalue weighted by Crippen LogP contribution is -1.86. The van der Waals surface area contributed by atoms with Crippen LogP contribution in [0.4, 0.5) is 0 Å². The molecule has 0 aliphatic heterocycles. The number of ether oxygens (including phenoxy) is 1. The zero-order valence-electron chi connectivity index (χ0n) is 13.0. The van der Waals surface area contributed by atoms with E-state index in [0.29, 0.717) is 0 Å². The summed E-state index contributed by atoms with van der Waals surface area (Å²) in [5, 5.41) is 2.34. The smallest absolute Gasteiger partial charge is 0.135 e. The predicted molar refractivity (Wildman–Crippen MR) is 91.2 cm³/mol. The number of benzene rings is 3. The molecular formula is C20H22O. The standard InChI is InChI=1S/C18H16O.C2H6/c1-2-14-10-12-16(13-11-14)19-18-9-5-7-15-6-3-4-8-17(15)18;1-2/h3-13H,2H2,1H3;1-2H3. The highest BCUT2D eigenvalue weighted by Gasteiger charge is 2.02. The van der Waals surface area contributed by atoms with E-state index in [2.05, 4.69) is 37.3 Å². The van der Waals surface area contributed by atoms with E-state index in [9.17, 15) is 0 Å². The normalized spacial score (nSPS) is 9.86. The molecule has 3 aromatic rings. The minimum atomic E-state index is 0.883. The van der Waals surface area contributed by atoms with Crippen LogP contribution in [0.3, 0.4) is 0 Å². The van der Waals surface area contributed by atoms with E-state index in [4.69, 9.17) is 4.74 Å². The highest BCUT2D eigenvalue weighted by atomic mass is 16.5. The minimum absolute atomic E-state index is 0.883. The molecule has 0 saturated heterocycles. The van der Waals surface area contributed by atoms with Gasteiger partial charge in [0.15, 0.2) is 0 Å². The van der Waals surface area contributed by atoms with Crippen LogP contribution in [-0.4, -0.2) is 0 Å². The summed E-state index contributed by atoms with van der Waals surface area (Å²) < 4.78 is 5.99. The molecule has 108 valence electrons. The van der Waals surface area contributed by atoms with E-state index in [1.54, 1.807) is 0 Å². The molecule has 1 nitrogen and oxygen atoms in total. The fraction of sp³-hybridized carbons (Fsp3) is 0.200. The quantitative estimate of drug-likeness (QED) is 0.552. The molecule has 3 rings (SSSR count). The summed E-state index contributed by atoms with van der Waals surface area (Å²) in [6.45, 7) is 6.15. The first-order valence-electron chi connectivity index (χ1n) is 7.61. The molecule has 1 heteroatoms. The third kappa shape index (κ3) is 3.63. The van der Waals surface area contributed by atoms with Crippen LogP contribution in [0.25, 0.3) is 10.8 Å².